The average molecular weight is 352 g/mol. The lowest BCUT2D eigenvalue weighted by Crippen LogP contribution is -2.63. The van der Waals surface area contributed by atoms with E-state index in [1.807, 2.05) is 12.2 Å². The van der Waals surface area contributed by atoms with Crippen molar-refractivity contribution in [1.29, 1.82) is 0 Å². The Labute approximate surface area is 151 Å². The van der Waals surface area contributed by atoms with Crippen molar-refractivity contribution in [3.05, 3.63) is 37.5 Å². The predicted molar refractivity (Wildman–Crippen MR) is 90.9 cm³/mol. The van der Waals surface area contributed by atoms with E-state index >= 15 is 0 Å². The van der Waals surface area contributed by atoms with Crippen LogP contribution in [-0.4, -0.2) is 46.5 Å². The number of allylic oxidation sites excluding steroid dienone is 2. The van der Waals surface area contributed by atoms with Crippen LogP contribution >= 0.6 is 0 Å². The van der Waals surface area contributed by atoms with Gasteiger partial charge in [-0.25, -0.2) is 0 Å². The highest BCUT2D eigenvalue weighted by molar-refractivity contribution is 6.09. The monoisotopic (exact) mass is 352 g/mol. The molecule has 6 heteroatoms. The Morgan fingerprint density at radius 3 is 1.38 bits per heavy atom. The van der Waals surface area contributed by atoms with Crippen molar-refractivity contribution in [2.24, 2.45) is 47.3 Å². The van der Waals surface area contributed by atoms with Gasteiger partial charge in [-0.1, -0.05) is 24.3 Å². The lowest BCUT2D eigenvalue weighted by Gasteiger charge is -2.60. The largest absolute Gasteiger partial charge is 0.278 e. The molecule has 26 heavy (non-hydrogen) atoms. The molecule has 8 atom stereocenters. The first-order valence-corrected chi connectivity index (χ1v) is 9.13. The van der Waals surface area contributed by atoms with Crippen LogP contribution in [-0.2, 0) is 19.2 Å². The predicted octanol–water partition coefficient (Wildman–Crippen LogP) is 0.623. The second-order valence-corrected chi connectivity index (χ2v) is 7.95. The summed E-state index contributed by atoms with van der Waals surface area (Å²) in [6.07, 6.45) is 7.15. The summed E-state index contributed by atoms with van der Waals surface area (Å²) in [6.45, 7) is 7.71. The van der Waals surface area contributed by atoms with Crippen LogP contribution in [0.25, 0.3) is 0 Å². The molecule has 0 aromatic carbocycles. The molecule has 6 aliphatic rings. The maximum Gasteiger partial charge on any atom is 0.234 e. The molecule has 0 aromatic heterocycles. The van der Waals surface area contributed by atoms with Gasteiger partial charge in [-0.05, 0) is 23.7 Å². The number of hydrogen-bond donors (Lipinski definition) is 0. The first kappa shape index (κ1) is 15.7. The van der Waals surface area contributed by atoms with Gasteiger partial charge in [0.2, 0.25) is 23.6 Å². The van der Waals surface area contributed by atoms with E-state index in [0.717, 1.165) is 0 Å². The fourth-order valence-corrected chi connectivity index (χ4v) is 6.34. The van der Waals surface area contributed by atoms with Gasteiger partial charge in [0.1, 0.15) is 0 Å². The first-order valence-electron chi connectivity index (χ1n) is 9.13. The van der Waals surface area contributed by atoms with Crippen LogP contribution in [0, 0.1) is 47.3 Å². The number of carbonyl (C=O) groups is 4. The Balaban J connectivity index is 1.53. The smallest absolute Gasteiger partial charge is 0.234 e. The van der Waals surface area contributed by atoms with Crippen molar-refractivity contribution < 1.29 is 19.2 Å². The van der Waals surface area contributed by atoms with E-state index in [4.69, 9.17) is 0 Å². The van der Waals surface area contributed by atoms with Gasteiger partial charge in [-0.3, -0.25) is 29.0 Å². The van der Waals surface area contributed by atoms with E-state index in [2.05, 4.69) is 13.2 Å². The lowest BCUT2D eigenvalue weighted by molar-refractivity contribution is -0.166. The zero-order valence-corrected chi connectivity index (χ0v) is 14.3. The molecule has 0 radical (unpaired) electrons. The summed E-state index contributed by atoms with van der Waals surface area (Å²) in [5, 5.41) is 0. The first-order chi connectivity index (χ1) is 12.5. The van der Waals surface area contributed by atoms with Gasteiger partial charge >= 0.3 is 0 Å². The van der Waals surface area contributed by atoms with E-state index < -0.39 is 11.8 Å². The minimum absolute atomic E-state index is 0.0112. The van der Waals surface area contributed by atoms with Crippen molar-refractivity contribution >= 4 is 23.6 Å². The topological polar surface area (TPSA) is 74.8 Å². The number of imide groups is 2. The van der Waals surface area contributed by atoms with Crippen molar-refractivity contribution in [3.63, 3.8) is 0 Å². The third-order valence-electron chi connectivity index (χ3n) is 7.15. The third kappa shape index (κ3) is 1.54. The van der Waals surface area contributed by atoms with Gasteiger partial charge in [0.05, 0.1) is 23.7 Å². The standard InChI is InChI=1S/C20H20N2O4/c1-3-7-21-17(23)13-9-5-6-10(14(13)18(21)24)12-11(9)15-16(12)20(26)22(8-4-2)19(15)25/h3-6,9-16H,1-2,7-8H2/t9-,10-,11-,12-,13-,14+,15+,16-/m0/s1. The molecule has 0 spiro atoms. The maximum absolute atomic E-state index is 12.9. The highest BCUT2D eigenvalue weighted by Crippen LogP contribution is 2.68. The highest BCUT2D eigenvalue weighted by Gasteiger charge is 2.74. The quantitative estimate of drug-likeness (QED) is 0.549. The molecule has 2 saturated heterocycles. The second kappa shape index (κ2) is 5.02. The molecule has 6 nitrogen and oxygen atoms in total. The Kier molecular flexibility index (Phi) is 3.04. The Hall–Kier alpha value is -2.50. The van der Waals surface area contributed by atoms with Gasteiger partial charge in [0, 0.05) is 13.1 Å². The summed E-state index contributed by atoms with van der Waals surface area (Å²) in [5.74, 6) is -2.35. The normalized spacial score (nSPS) is 44.8. The summed E-state index contributed by atoms with van der Waals surface area (Å²) in [5.41, 5.74) is 0. The van der Waals surface area contributed by atoms with Gasteiger partial charge < -0.3 is 0 Å². The Morgan fingerprint density at radius 2 is 1.04 bits per heavy atom. The van der Waals surface area contributed by atoms with Crippen LogP contribution in [0.4, 0.5) is 0 Å². The van der Waals surface area contributed by atoms with E-state index in [1.54, 1.807) is 12.2 Å². The van der Waals surface area contributed by atoms with Crippen LogP contribution in [0.15, 0.2) is 37.5 Å². The molecule has 0 aromatic rings. The fraction of sp³-hybridized carbons (Fsp3) is 0.500. The summed E-state index contributed by atoms with van der Waals surface area (Å²) < 4.78 is 0. The molecular formula is C20H20N2O4. The van der Waals surface area contributed by atoms with Crippen LogP contribution < -0.4 is 0 Å². The molecule has 0 N–H and O–H groups in total. The molecule has 6 rings (SSSR count). The molecule has 0 unspecified atom stereocenters. The minimum atomic E-state index is -0.393. The molecule has 4 aliphatic carbocycles. The van der Waals surface area contributed by atoms with E-state index in [1.165, 1.54) is 9.80 Å². The van der Waals surface area contributed by atoms with Crippen molar-refractivity contribution in [2.75, 3.05) is 13.1 Å². The molecule has 134 valence electrons. The maximum atomic E-state index is 12.9. The van der Waals surface area contributed by atoms with Crippen molar-refractivity contribution in [3.8, 4) is 0 Å². The molecule has 2 aliphatic heterocycles. The number of carbonyl (C=O) groups excluding carboxylic acids is 4. The van der Waals surface area contributed by atoms with E-state index in [-0.39, 0.29) is 72.2 Å². The molecule has 4 amide bonds. The van der Waals surface area contributed by atoms with Crippen LogP contribution in [0.5, 0.6) is 0 Å². The van der Waals surface area contributed by atoms with E-state index in [0.29, 0.717) is 0 Å². The Bertz CT molecular complexity index is 759. The van der Waals surface area contributed by atoms with Gasteiger partial charge in [-0.2, -0.15) is 0 Å². The number of likely N-dealkylation sites (tertiary alicyclic amines) is 2. The average Bonchev–Trinajstić information content (AvgIpc) is 2.97. The summed E-state index contributed by atoms with van der Waals surface area (Å²) in [7, 11) is 0. The van der Waals surface area contributed by atoms with Crippen molar-refractivity contribution in [2.45, 2.75) is 0 Å². The van der Waals surface area contributed by atoms with Crippen LogP contribution in [0.1, 0.15) is 0 Å². The number of nitrogens with zero attached hydrogens (tertiary/aromatic N) is 2. The summed E-state index contributed by atoms with van der Waals surface area (Å²) >= 11 is 0. The zero-order valence-electron chi connectivity index (χ0n) is 14.3. The zero-order chi connectivity index (χ0) is 18.3. The SMILES string of the molecule is C=CCN1C(=O)[C@@H]2[C@H]3C=C[C@H]([C@@H]2C1=O)[C@@H]1[C@H]2C(=O)N(CC=C)C(=O)[C@H]2[C@@H]31. The Morgan fingerprint density at radius 1 is 0.692 bits per heavy atom. The highest BCUT2D eigenvalue weighted by atomic mass is 16.2. The lowest BCUT2D eigenvalue weighted by atomic mass is 9.40. The van der Waals surface area contributed by atoms with Gasteiger partial charge in [-0.15, -0.1) is 13.2 Å². The number of fused-ring (bicyclic) bond motifs is 1. The summed E-state index contributed by atoms with van der Waals surface area (Å²) in [6, 6.07) is 0. The van der Waals surface area contributed by atoms with Crippen LogP contribution in [0.3, 0.4) is 0 Å². The van der Waals surface area contributed by atoms with E-state index in [9.17, 15) is 19.2 Å². The number of amides is 4. The molecule has 2 saturated carbocycles. The van der Waals surface area contributed by atoms with Gasteiger partial charge in [0.25, 0.3) is 0 Å². The minimum Gasteiger partial charge on any atom is -0.278 e. The third-order valence-corrected chi connectivity index (χ3v) is 7.15. The summed E-state index contributed by atoms with van der Waals surface area (Å²) in [4.78, 5) is 53.8. The molecule has 2 bridgehead atoms. The van der Waals surface area contributed by atoms with Gasteiger partial charge in [0.15, 0.2) is 0 Å². The second-order valence-electron chi connectivity index (χ2n) is 7.95. The van der Waals surface area contributed by atoms with Crippen LogP contribution in [0.2, 0.25) is 0 Å². The number of hydrogen-bond acceptors (Lipinski definition) is 4. The fourth-order valence-electron chi connectivity index (χ4n) is 6.34. The van der Waals surface area contributed by atoms with Crippen molar-refractivity contribution in [1.82, 2.24) is 9.80 Å². The number of rotatable bonds is 4. The molecule has 2 heterocycles. The molecule has 4 fully saturated rings. The molecular weight excluding hydrogens is 332 g/mol.